The van der Waals surface area contributed by atoms with Gasteiger partial charge >= 0.3 is 0 Å². The first kappa shape index (κ1) is 22.2. The van der Waals surface area contributed by atoms with Crippen molar-refractivity contribution in [1.29, 1.82) is 0 Å². The summed E-state index contributed by atoms with van der Waals surface area (Å²) < 4.78 is 1.79. The van der Waals surface area contributed by atoms with E-state index in [0.717, 1.165) is 15.3 Å². The third-order valence-electron chi connectivity index (χ3n) is 4.98. The van der Waals surface area contributed by atoms with Gasteiger partial charge in [-0.2, -0.15) is 0 Å². The van der Waals surface area contributed by atoms with E-state index in [1.807, 2.05) is 19.2 Å². The molecular weight excluding hydrogens is 450 g/mol. The SMILES string of the molecule is Cn1cc(C(=O)NCc2ccc(Cl)cc2)c(=O)c2cc(CNCC(O)c3ncc[nH]3)sc21. The lowest BCUT2D eigenvalue weighted by molar-refractivity contribution is 0.0949. The highest BCUT2D eigenvalue weighted by Gasteiger charge is 2.17. The fourth-order valence-corrected chi connectivity index (χ4v) is 4.51. The van der Waals surface area contributed by atoms with Crippen LogP contribution in [0.5, 0.6) is 0 Å². The quantitative estimate of drug-likeness (QED) is 0.315. The fourth-order valence-electron chi connectivity index (χ4n) is 3.33. The zero-order valence-corrected chi connectivity index (χ0v) is 18.8. The van der Waals surface area contributed by atoms with Gasteiger partial charge in [0, 0.05) is 55.2 Å². The second kappa shape index (κ2) is 9.66. The molecule has 0 saturated carbocycles. The number of imidazole rings is 1. The van der Waals surface area contributed by atoms with E-state index in [1.54, 1.807) is 41.4 Å². The van der Waals surface area contributed by atoms with Gasteiger partial charge in [-0.15, -0.1) is 11.3 Å². The number of hydrogen-bond acceptors (Lipinski definition) is 6. The number of nitrogens with zero attached hydrogens (tertiary/aromatic N) is 2. The number of pyridine rings is 1. The number of carbonyl (C=O) groups is 1. The molecule has 4 N–H and O–H groups in total. The van der Waals surface area contributed by atoms with Gasteiger partial charge in [-0.05, 0) is 23.8 Å². The number of carbonyl (C=O) groups excluding carboxylic acids is 1. The Morgan fingerprint density at radius 1 is 1.31 bits per heavy atom. The maximum atomic E-state index is 13.0. The smallest absolute Gasteiger partial charge is 0.257 e. The van der Waals surface area contributed by atoms with Crippen LogP contribution in [0.1, 0.15) is 32.7 Å². The summed E-state index contributed by atoms with van der Waals surface area (Å²) in [7, 11) is 1.81. The Morgan fingerprint density at radius 3 is 2.81 bits per heavy atom. The number of fused-ring (bicyclic) bond motifs is 1. The Bertz CT molecular complexity index is 1280. The standard InChI is InChI=1S/C22H22ClN5O3S/c1-28-12-17(21(31)27-9-13-2-4-14(23)5-3-13)19(30)16-8-15(32-22(16)28)10-24-11-18(29)20-25-6-7-26-20/h2-8,12,18,24,29H,9-11H2,1H3,(H,25,26)(H,27,31). The second-order valence-corrected chi connectivity index (χ2v) is 8.90. The summed E-state index contributed by atoms with van der Waals surface area (Å²) in [6, 6.07) is 8.95. The number of rotatable bonds is 8. The van der Waals surface area contributed by atoms with Crippen molar-refractivity contribution < 1.29 is 9.90 Å². The van der Waals surface area contributed by atoms with Crippen LogP contribution in [0.25, 0.3) is 10.2 Å². The average Bonchev–Trinajstić information content (AvgIpc) is 3.46. The summed E-state index contributed by atoms with van der Waals surface area (Å²) >= 11 is 7.36. The first-order valence-corrected chi connectivity index (χ1v) is 11.1. The summed E-state index contributed by atoms with van der Waals surface area (Å²) in [6.45, 7) is 1.10. The highest BCUT2D eigenvalue weighted by molar-refractivity contribution is 7.18. The van der Waals surface area contributed by atoms with E-state index in [-0.39, 0.29) is 11.0 Å². The van der Waals surface area contributed by atoms with Crippen LogP contribution in [0, 0.1) is 0 Å². The summed E-state index contributed by atoms with van der Waals surface area (Å²) in [5.74, 6) is 0.0752. The number of thiophene rings is 1. The first-order chi connectivity index (χ1) is 15.4. The molecule has 3 aromatic heterocycles. The minimum absolute atomic E-state index is 0.0968. The van der Waals surface area contributed by atoms with Crippen molar-refractivity contribution in [1.82, 2.24) is 25.2 Å². The minimum Gasteiger partial charge on any atom is -0.384 e. The number of aryl methyl sites for hydroxylation is 1. The van der Waals surface area contributed by atoms with E-state index >= 15 is 0 Å². The number of H-pyrrole nitrogens is 1. The second-order valence-electron chi connectivity index (χ2n) is 7.34. The molecule has 3 heterocycles. The Morgan fingerprint density at radius 2 is 2.09 bits per heavy atom. The Balaban J connectivity index is 1.45. The number of hydrogen-bond donors (Lipinski definition) is 4. The van der Waals surface area contributed by atoms with Gasteiger partial charge in [0.25, 0.3) is 5.91 Å². The third-order valence-corrected chi connectivity index (χ3v) is 6.46. The number of nitrogens with one attached hydrogen (secondary N) is 3. The van der Waals surface area contributed by atoms with Gasteiger partial charge in [-0.25, -0.2) is 4.98 Å². The first-order valence-electron chi connectivity index (χ1n) is 9.95. The molecule has 32 heavy (non-hydrogen) atoms. The van der Waals surface area contributed by atoms with Crippen LogP contribution >= 0.6 is 22.9 Å². The van der Waals surface area contributed by atoms with E-state index < -0.39 is 12.0 Å². The molecule has 1 amide bonds. The molecule has 1 aromatic carbocycles. The van der Waals surface area contributed by atoms with Crippen LogP contribution < -0.4 is 16.1 Å². The maximum Gasteiger partial charge on any atom is 0.257 e. The van der Waals surface area contributed by atoms with E-state index in [4.69, 9.17) is 11.6 Å². The third kappa shape index (κ3) is 4.91. The Hall–Kier alpha value is -2.98. The van der Waals surface area contributed by atoms with Gasteiger partial charge in [-0.1, -0.05) is 23.7 Å². The molecule has 0 radical (unpaired) electrons. The molecule has 0 fully saturated rings. The largest absolute Gasteiger partial charge is 0.384 e. The van der Waals surface area contributed by atoms with Crippen molar-refractivity contribution in [3.8, 4) is 0 Å². The highest BCUT2D eigenvalue weighted by atomic mass is 35.5. The molecule has 166 valence electrons. The maximum absolute atomic E-state index is 13.0. The van der Waals surface area contributed by atoms with E-state index in [0.29, 0.717) is 35.9 Å². The fraction of sp³-hybridized carbons (Fsp3) is 0.227. The van der Waals surface area contributed by atoms with Gasteiger partial charge < -0.3 is 25.3 Å². The molecule has 0 aliphatic heterocycles. The van der Waals surface area contributed by atoms with Gasteiger partial charge in [0.1, 0.15) is 22.3 Å². The zero-order chi connectivity index (χ0) is 22.7. The summed E-state index contributed by atoms with van der Waals surface area (Å²) in [5.41, 5.74) is 0.686. The lowest BCUT2D eigenvalue weighted by atomic mass is 10.2. The normalized spacial score (nSPS) is 12.2. The molecule has 4 rings (SSSR count). The van der Waals surface area contributed by atoms with Crippen molar-refractivity contribution in [2.75, 3.05) is 6.54 Å². The van der Waals surface area contributed by atoms with Crippen molar-refractivity contribution in [3.05, 3.63) is 86.0 Å². The highest BCUT2D eigenvalue weighted by Crippen LogP contribution is 2.23. The summed E-state index contributed by atoms with van der Waals surface area (Å²) in [4.78, 5) is 34.3. The van der Waals surface area contributed by atoms with Crippen LogP contribution in [0.2, 0.25) is 5.02 Å². The number of halogens is 1. The monoisotopic (exact) mass is 471 g/mol. The molecule has 0 aliphatic carbocycles. The van der Waals surface area contributed by atoms with E-state index in [1.165, 1.54) is 11.3 Å². The number of aliphatic hydroxyl groups is 1. The molecule has 1 unspecified atom stereocenters. The Labute approximate surface area is 192 Å². The minimum atomic E-state index is -0.749. The van der Waals surface area contributed by atoms with Crippen molar-refractivity contribution in [3.63, 3.8) is 0 Å². The lowest BCUT2D eigenvalue weighted by Crippen LogP contribution is -2.29. The Kier molecular flexibility index (Phi) is 6.71. The zero-order valence-electron chi connectivity index (χ0n) is 17.3. The molecule has 8 nitrogen and oxygen atoms in total. The van der Waals surface area contributed by atoms with Crippen molar-refractivity contribution in [2.45, 2.75) is 19.2 Å². The van der Waals surface area contributed by atoms with Crippen LogP contribution in [-0.2, 0) is 20.1 Å². The summed E-state index contributed by atoms with van der Waals surface area (Å²) in [5, 5.41) is 17.2. The molecule has 0 spiro atoms. The number of amides is 1. The molecule has 1 atom stereocenters. The van der Waals surface area contributed by atoms with Gasteiger partial charge in [0.05, 0.1) is 5.39 Å². The van der Waals surface area contributed by atoms with Gasteiger partial charge in [0.15, 0.2) is 0 Å². The number of aromatic amines is 1. The van der Waals surface area contributed by atoms with Crippen LogP contribution in [-0.4, -0.2) is 32.1 Å². The lowest BCUT2D eigenvalue weighted by Gasteiger charge is -2.08. The van der Waals surface area contributed by atoms with Crippen LogP contribution in [0.4, 0.5) is 0 Å². The van der Waals surface area contributed by atoms with Gasteiger partial charge in [-0.3, -0.25) is 9.59 Å². The molecule has 0 aliphatic rings. The van der Waals surface area contributed by atoms with Crippen LogP contribution in [0.15, 0.2) is 53.7 Å². The van der Waals surface area contributed by atoms with Crippen LogP contribution in [0.3, 0.4) is 0 Å². The topological polar surface area (TPSA) is 112 Å². The van der Waals surface area contributed by atoms with E-state index in [2.05, 4.69) is 20.6 Å². The summed E-state index contributed by atoms with van der Waals surface area (Å²) in [6.07, 6.45) is 4.06. The molecule has 0 bridgehead atoms. The number of aliphatic hydroxyl groups excluding tert-OH is 1. The molecule has 0 saturated heterocycles. The number of benzene rings is 1. The van der Waals surface area contributed by atoms with Gasteiger partial charge in [0.2, 0.25) is 5.43 Å². The molecule has 4 aromatic rings. The van der Waals surface area contributed by atoms with Crippen molar-refractivity contribution >= 4 is 39.1 Å². The van der Waals surface area contributed by atoms with E-state index in [9.17, 15) is 14.7 Å². The average molecular weight is 472 g/mol. The number of aromatic nitrogens is 3. The predicted octanol–water partition coefficient (Wildman–Crippen LogP) is 2.73. The molecule has 10 heteroatoms. The van der Waals surface area contributed by atoms with Crippen molar-refractivity contribution in [2.24, 2.45) is 7.05 Å². The predicted molar refractivity (Wildman–Crippen MR) is 125 cm³/mol. The molecular formula is C22H22ClN5O3S.